The van der Waals surface area contributed by atoms with Crippen LogP contribution in [0.25, 0.3) is 0 Å². The Labute approximate surface area is 120 Å². The van der Waals surface area contributed by atoms with Crippen molar-refractivity contribution in [2.75, 3.05) is 0 Å². The maximum Gasteiger partial charge on any atom is 0.0480 e. The molecule has 0 nitrogen and oxygen atoms in total. The average molecular weight is 270 g/mol. The van der Waals surface area contributed by atoms with E-state index in [0.29, 0.717) is 0 Å². The summed E-state index contributed by atoms with van der Waals surface area (Å²) < 4.78 is 0. The smallest absolute Gasteiger partial charge is 0.0480 e. The highest BCUT2D eigenvalue weighted by molar-refractivity contribution is 6.76. The number of benzene rings is 1. The van der Waals surface area contributed by atoms with E-state index in [9.17, 15) is 0 Å². The van der Waals surface area contributed by atoms with Crippen molar-refractivity contribution >= 4 is 8.07 Å². The van der Waals surface area contributed by atoms with Crippen molar-refractivity contribution in [2.45, 2.75) is 51.4 Å². The van der Waals surface area contributed by atoms with Gasteiger partial charge in [-0.25, -0.2) is 0 Å². The van der Waals surface area contributed by atoms with Crippen LogP contribution in [0.5, 0.6) is 0 Å². The third-order valence-electron chi connectivity index (χ3n) is 2.83. The van der Waals surface area contributed by atoms with E-state index in [1.54, 1.807) is 0 Å². The number of hydrogen-bond acceptors (Lipinski definition) is 0. The lowest BCUT2D eigenvalue weighted by Gasteiger charge is -2.11. The van der Waals surface area contributed by atoms with Crippen molar-refractivity contribution in [1.29, 1.82) is 0 Å². The average Bonchev–Trinajstić information content (AvgIpc) is 2.37. The first kappa shape index (κ1) is 15.8. The van der Waals surface area contributed by atoms with Gasteiger partial charge in [-0.2, -0.15) is 0 Å². The molecule has 0 fully saturated rings. The summed E-state index contributed by atoms with van der Waals surface area (Å²) >= 11 is 0. The van der Waals surface area contributed by atoms with Crippen LogP contribution in [0.2, 0.25) is 25.7 Å². The molecule has 0 unspecified atom stereocenters. The summed E-state index contributed by atoms with van der Waals surface area (Å²) in [6, 6.07) is 11.5. The predicted octanol–water partition coefficient (Wildman–Crippen LogP) is 5.49. The molecule has 1 aromatic carbocycles. The van der Waals surface area contributed by atoms with E-state index >= 15 is 0 Å². The minimum atomic E-state index is -0.885. The molecule has 19 heavy (non-hydrogen) atoms. The van der Waals surface area contributed by atoms with E-state index in [1.165, 1.54) is 25.3 Å². The Hall–Kier alpha value is -1.26. The van der Waals surface area contributed by atoms with Crippen LogP contribution in [0.1, 0.15) is 31.2 Å². The highest BCUT2D eigenvalue weighted by Crippen LogP contribution is 2.09. The lowest BCUT2D eigenvalue weighted by Crippen LogP contribution is -2.17. The zero-order valence-corrected chi connectivity index (χ0v) is 13.6. The maximum absolute atomic E-state index is 3.25. The molecule has 1 aromatic rings. The fraction of sp³-hybridized carbons (Fsp3) is 0.444. The molecule has 0 atom stereocenters. The van der Waals surface area contributed by atoms with Gasteiger partial charge in [-0.3, -0.25) is 0 Å². The summed E-state index contributed by atoms with van der Waals surface area (Å²) in [4.78, 5) is 0. The van der Waals surface area contributed by atoms with Gasteiger partial charge in [0, 0.05) is 20.1 Å². The molecular weight excluding hydrogens is 244 g/mol. The van der Waals surface area contributed by atoms with E-state index in [2.05, 4.69) is 55.8 Å². The van der Waals surface area contributed by atoms with Crippen LogP contribution in [0, 0.1) is 11.8 Å². The van der Waals surface area contributed by atoms with E-state index in [0.717, 1.165) is 12.0 Å². The summed E-state index contributed by atoms with van der Waals surface area (Å²) in [5.74, 6) is 6.45. The third kappa shape index (κ3) is 9.33. The van der Waals surface area contributed by atoms with Gasteiger partial charge in [0.15, 0.2) is 0 Å². The standard InChI is InChI=1S/C18H26Si/c1-19(2,3)17-13-8-6-4-5-7-10-14-18-15-11-9-12-16-18/h8-9,11-13,15-16H,4-7,17H2,1-3H3/b13-8-. The van der Waals surface area contributed by atoms with Crippen LogP contribution in [-0.4, -0.2) is 8.07 Å². The zero-order valence-electron chi connectivity index (χ0n) is 12.6. The molecule has 0 bridgehead atoms. The fourth-order valence-corrected chi connectivity index (χ4v) is 2.59. The van der Waals surface area contributed by atoms with Gasteiger partial charge in [0.25, 0.3) is 0 Å². The fourth-order valence-electron chi connectivity index (χ4n) is 1.72. The molecule has 0 aliphatic rings. The quantitative estimate of drug-likeness (QED) is 0.277. The molecule has 0 saturated heterocycles. The molecule has 0 N–H and O–H groups in total. The SMILES string of the molecule is C[Si](C)(C)C/C=C\CCCCC#Cc1ccccc1. The number of unbranched alkanes of at least 4 members (excludes halogenated alkanes) is 3. The summed E-state index contributed by atoms with van der Waals surface area (Å²) in [6.45, 7) is 7.24. The van der Waals surface area contributed by atoms with Gasteiger partial charge in [-0.1, -0.05) is 61.8 Å². The Kier molecular flexibility index (Phi) is 7.29. The Morgan fingerprint density at radius 3 is 2.42 bits per heavy atom. The van der Waals surface area contributed by atoms with Gasteiger partial charge in [-0.05, 0) is 37.4 Å². The van der Waals surface area contributed by atoms with Crippen molar-refractivity contribution in [2.24, 2.45) is 0 Å². The Bertz CT molecular complexity index is 426. The number of allylic oxidation sites excluding steroid dienone is 2. The first-order valence-electron chi connectivity index (χ1n) is 7.27. The minimum Gasteiger partial charge on any atom is -0.0979 e. The van der Waals surface area contributed by atoms with E-state index in [1.807, 2.05) is 18.2 Å². The molecule has 0 heterocycles. The van der Waals surface area contributed by atoms with Crippen LogP contribution >= 0.6 is 0 Å². The molecule has 0 aliphatic heterocycles. The Morgan fingerprint density at radius 2 is 1.74 bits per heavy atom. The largest absolute Gasteiger partial charge is 0.0979 e. The van der Waals surface area contributed by atoms with Crippen LogP contribution in [0.3, 0.4) is 0 Å². The molecule has 0 saturated carbocycles. The van der Waals surface area contributed by atoms with Crippen LogP contribution in [0.15, 0.2) is 42.5 Å². The van der Waals surface area contributed by atoms with Crippen LogP contribution < -0.4 is 0 Å². The highest BCUT2D eigenvalue weighted by Gasteiger charge is 2.08. The van der Waals surface area contributed by atoms with E-state index in [4.69, 9.17) is 0 Å². The lowest BCUT2D eigenvalue weighted by atomic mass is 10.1. The first-order valence-corrected chi connectivity index (χ1v) is 11.0. The molecule has 0 amide bonds. The molecule has 0 radical (unpaired) electrons. The van der Waals surface area contributed by atoms with Gasteiger partial charge in [0.05, 0.1) is 0 Å². The van der Waals surface area contributed by atoms with Crippen molar-refractivity contribution in [3.05, 3.63) is 48.0 Å². The molecule has 102 valence electrons. The molecule has 1 heteroatoms. The molecule has 1 rings (SSSR count). The third-order valence-corrected chi connectivity index (χ3v) is 4.29. The first-order chi connectivity index (χ1) is 9.08. The zero-order chi connectivity index (χ0) is 14.0. The summed E-state index contributed by atoms with van der Waals surface area (Å²) in [5.41, 5.74) is 1.12. The monoisotopic (exact) mass is 270 g/mol. The summed E-state index contributed by atoms with van der Waals surface area (Å²) in [5, 5.41) is 0. The van der Waals surface area contributed by atoms with Gasteiger partial charge in [-0.15, -0.1) is 0 Å². The number of rotatable bonds is 6. The van der Waals surface area contributed by atoms with Crippen LogP contribution in [-0.2, 0) is 0 Å². The Balaban J connectivity index is 2.08. The second-order valence-electron chi connectivity index (χ2n) is 6.15. The Morgan fingerprint density at radius 1 is 1.00 bits per heavy atom. The van der Waals surface area contributed by atoms with Gasteiger partial charge < -0.3 is 0 Å². The van der Waals surface area contributed by atoms with Gasteiger partial charge >= 0.3 is 0 Å². The second-order valence-corrected chi connectivity index (χ2v) is 11.7. The highest BCUT2D eigenvalue weighted by atomic mass is 28.3. The molecule has 0 aromatic heterocycles. The topological polar surface area (TPSA) is 0 Å². The predicted molar refractivity (Wildman–Crippen MR) is 89.1 cm³/mol. The van der Waals surface area contributed by atoms with Crippen molar-refractivity contribution in [1.82, 2.24) is 0 Å². The number of hydrogen-bond donors (Lipinski definition) is 0. The van der Waals surface area contributed by atoms with E-state index < -0.39 is 8.07 Å². The van der Waals surface area contributed by atoms with Crippen molar-refractivity contribution in [3.8, 4) is 11.8 Å². The van der Waals surface area contributed by atoms with Crippen molar-refractivity contribution in [3.63, 3.8) is 0 Å². The molecular formula is C18H26Si. The van der Waals surface area contributed by atoms with E-state index in [-0.39, 0.29) is 0 Å². The second kappa shape index (κ2) is 8.77. The maximum atomic E-state index is 3.25. The van der Waals surface area contributed by atoms with Gasteiger partial charge in [0.1, 0.15) is 0 Å². The minimum absolute atomic E-state index is 0.885. The van der Waals surface area contributed by atoms with Gasteiger partial charge in [0.2, 0.25) is 0 Å². The lowest BCUT2D eigenvalue weighted by molar-refractivity contribution is 0.771. The molecule has 0 aliphatic carbocycles. The van der Waals surface area contributed by atoms with Crippen molar-refractivity contribution < 1.29 is 0 Å². The summed E-state index contributed by atoms with van der Waals surface area (Å²) in [6.07, 6.45) is 9.40. The normalized spacial score (nSPS) is 11.3. The van der Waals surface area contributed by atoms with Crippen LogP contribution in [0.4, 0.5) is 0 Å². The summed E-state index contributed by atoms with van der Waals surface area (Å²) in [7, 11) is -0.885. The molecule has 0 spiro atoms.